The van der Waals surface area contributed by atoms with E-state index in [4.69, 9.17) is 10.8 Å². The van der Waals surface area contributed by atoms with E-state index in [0.717, 1.165) is 24.9 Å². The Morgan fingerprint density at radius 1 is 1.27 bits per heavy atom. The minimum absolute atomic E-state index is 0.311. The molecule has 0 radical (unpaired) electrons. The van der Waals surface area contributed by atoms with Gasteiger partial charge < -0.3 is 10.8 Å². The van der Waals surface area contributed by atoms with Gasteiger partial charge in [-0.15, -0.1) is 0 Å². The number of aliphatic hydroxyl groups excluding tert-OH is 1. The van der Waals surface area contributed by atoms with Crippen molar-refractivity contribution in [1.29, 1.82) is 0 Å². The third-order valence-electron chi connectivity index (χ3n) is 3.06. The summed E-state index contributed by atoms with van der Waals surface area (Å²) in [6.07, 6.45) is 5.40. The van der Waals surface area contributed by atoms with E-state index in [2.05, 4.69) is 18.2 Å². The van der Waals surface area contributed by atoms with Crippen molar-refractivity contribution in [2.45, 2.75) is 19.3 Å². The summed E-state index contributed by atoms with van der Waals surface area (Å²) in [4.78, 5) is 0. The molecule has 0 saturated carbocycles. The number of benzene rings is 1. The van der Waals surface area contributed by atoms with E-state index in [-0.39, 0.29) is 0 Å². The van der Waals surface area contributed by atoms with Gasteiger partial charge in [0.15, 0.2) is 0 Å². The number of aliphatic hydroxyl groups is 1. The predicted molar refractivity (Wildman–Crippen MR) is 63.3 cm³/mol. The molecule has 3 N–H and O–H groups in total. The summed E-state index contributed by atoms with van der Waals surface area (Å²) in [5.74, 6) is 0.461. The van der Waals surface area contributed by atoms with Crippen LogP contribution in [0.3, 0.4) is 0 Å². The van der Waals surface area contributed by atoms with Gasteiger partial charge in [-0.3, -0.25) is 0 Å². The van der Waals surface area contributed by atoms with Gasteiger partial charge >= 0.3 is 0 Å². The van der Waals surface area contributed by atoms with Gasteiger partial charge in [-0.1, -0.05) is 18.2 Å². The van der Waals surface area contributed by atoms with Crippen molar-refractivity contribution in [2.75, 3.05) is 12.3 Å². The molecule has 2 nitrogen and oxygen atoms in total. The lowest BCUT2D eigenvalue weighted by Crippen LogP contribution is -2.09. The second kappa shape index (κ2) is 4.49. The highest BCUT2D eigenvalue weighted by atomic mass is 16.3. The molecule has 15 heavy (non-hydrogen) atoms. The predicted octanol–water partition coefficient (Wildman–Crippen LogP) is 2.44. The molecular formula is C13H17NO. The summed E-state index contributed by atoms with van der Waals surface area (Å²) >= 11 is 0. The van der Waals surface area contributed by atoms with Gasteiger partial charge in [-0.25, -0.2) is 0 Å². The van der Waals surface area contributed by atoms with Gasteiger partial charge in [0.05, 0.1) is 0 Å². The van der Waals surface area contributed by atoms with Crippen LogP contribution in [0.4, 0.5) is 5.69 Å². The van der Waals surface area contributed by atoms with E-state index in [9.17, 15) is 0 Å². The van der Waals surface area contributed by atoms with Crippen LogP contribution in [0.5, 0.6) is 0 Å². The minimum Gasteiger partial charge on any atom is -0.399 e. The molecule has 0 fully saturated rings. The van der Waals surface area contributed by atoms with Crippen LogP contribution in [0.25, 0.3) is 5.57 Å². The third kappa shape index (κ3) is 2.39. The van der Waals surface area contributed by atoms with Gasteiger partial charge in [0.2, 0.25) is 0 Å². The number of hydrogen-bond donors (Lipinski definition) is 2. The van der Waals surface area contributed by atoms with Crippen molar-refractivity contribution in [1.82, 2.24) is 0 Å². The average molecular weight is 203 g/mol. The number of anilines is 1. The molecule has 2 rings (SSSR count). The fourth-order valence-electron chi connectivity index (χ4n) is 2.01. The molecule has 0 spiro atoms. The molecule has 1 atom stereocenters. The third-order valence-corrected chi connectivity index (χ3v) is 3.06. The molecule has 1 aromatic rings. The molecule has 1 aromatic carbocycles. The smallest absolute Gasteiger partial charge is 0.0462 e. The maximum atomic E-state index is 9.04. The van der Waals surface area contributed by atoms with Crippen LogP contribution in [-0.4, -0.2) is 11.7 Å². The SMILES string of the molecule is Nc1ccc(C2=CCC(CO)CC2)cc1. The summed E-state index contributed by atoms with van der Waals surface area (Å²) in [6, 6.07) is 8.02. The van der Waals surface area contributed by atoms with Crippen LogP contribution in [0.15, 0.2) is 30.3 Å². The summed E-state index contributed by atoms with van der Waals surface area (Å²) in [6.45, 7) is 0.311. The van der Waals surface area contributed by atoms with Crippen LogP contribution in [-0.2, 0) is 0 Å². The fraction of sp³-hybridized carbons (Fsp3) is 0.385. The number of nitrogen functional groups attached to an aromatic ring is 1. The lowest BCUT2D eigenvalue weighted by Gasteiger charge is -2.20. The van der Waals surface area contributed by atoms with E-state index in [1.54, 1.807) is 0 Å². The average Bonchev–Trinajstić information content (AvgIpc) is 2.30. The first-order chi connectivity index (χ1) is 7.29. The topological polar surface area (TPSA) is 46.2 Å². The second-order valence-corrected chi connectivity index (χ2v) is 4.17. The highest BCUT2D eigenvalue weighted by Crippen LogP contribution is 2.30. The molecule has 0 bridgehead atoms. The fourth-order valence-corrected chi connectivity index (χ4v) is 2.01. The number of allylic oxidation sites excluding steroid dienone is 2. The Labute approximate surface area is 90.4 Å². The summed E-state index contributed by atoms with van der Waals surface area (Å²) in [7, 11) is 0. The van der Waals surface area contributed by atoms with E-state index >= 15 is 0 Å². The summed E-state index contributed by atoms with van der Waals surface area (Å²) < 4.78 is 0. The van der Waals surface area contributed by atoms with Crippen molar-refractivity contribution in [3.63, 3.8) is 0 Å². The molecule has 0 saturated heterocycles. The Morgan fingerprint density at radius 3 is 2.53 bits per heavy atom. The van der Waals surface area contributed by atoms with Crippen LogP contribution in [0.2, 0.25) is 0 Å². The Morgan fingerprint density at radius 2 is 2.00 bits per heavy atom. The van der Waals surface area contributed by atoms with Crippen LogP contribution >= 0.6 is 0 Å². The molecule has 80 valence electrons. The maximum absolute atomic E-state index is 9.04. The van der Waals surface area contributed by atoms with Gasteiger partial charge in [0, 0.05) is 12.3 Å². The van der Waals surface area contributed by atoms with Gasteiger partial charge in [0.1, 0.15) is 0 Å². The molecule has 1 aliphatic carbocycles. The molecule has 0 heterocycles. The zero-order valence-corrected chi connectivity index (χ0v) is 8.82. The lowest BCUT2D eigenvalue weighted by molar-refractivity contribution is 0.218. The highest BCUT2D eigenvalue weighted by Gasteiger charge is 2.14. The minimum atomic E-state index is 0.311. The molecule has 0 aliphatic heterocycles. The summed E-state index contributed by atoms with van der Waals surface area (Å²) in [5, 5.41) is 9.04. The Bertz CT molecular complexity index is 353. The molecule has 0 amide bonds. The maximum Gasteiger partial charge on any atom is 0.0462 e. The first-order valence-electron chi connectivity index (χ1n) is 5.45. The van der Waals surface area contributed by atoms with E-state index in [1.165, 1.54) is 11.1 Å². The zero-order valence-electron chi connectivity index (χ0n) is 8.82. The second-order valence-electron chi connectivity index (χ2n) is 4.17. The van der Waals surface area contributed by atoms with Crippen molar-refractivity contribution >= 4 is 11.3 Å². The summed E-state index contributed by atoms with van der Waals surface area (Å²) in [5.41, 5.74) is 9.11. The Kier molecular flexibility index (Phi) is 3.07. The van der Waals surface area contributed by atoms with Crippen molar-refractivity contribution < 1.29 is 5.11 Å². The lowest BCUT2D eigenvalue weighted by atomic mass is 9.87. The monoisotopic (exact) mass is 203 g/mol. The number of nitrogens with two attached hydrogens (primary N) is 1. The molecule has 1 aliphatic rings. The van der Waals surface area contributed by atoms with Gasteiger partial charge in [-0.05, 0) is 48.4 Å². The Balaban J connectivity index is 2.12. The normalized spacial score (nSPS) is 21.1. The van der Waals surface area contributed by atoms with Gasteiger partial charge in [0.25, 0.3) is 0 Å². The van der Waals surface area contributed by atoms with Crippen LogP contribution in [0.1, 0.15) is 24.8 Å². The largest absolute Gasteiger partial charge is 0.399 e. The van der Waals surface area contributed by atoms with Crippen LogP contribution in [0, 0.1) is 5.92 Å². The van der Waals surface area contributed by atoms with Crippen molar-refractivity contribution in [3.05, 3.63) is 35.9 Å². The first-order valence-corrected chi connectivity index (χ1v) is 5.45. The molecule has 2 heteroatoms. The van der Waals surface area contributed by atoms with E-state index in [0.29, 0.717) is 12.5 Å². The van der Waals surface area contributed by atoms with Crippen molar-refractivity contribution in [2.24, 2.45) is 5.92 Å². The highest BCUT2D eigenvalue weighted by molar-refractivity contribution is 5.67. The molecular weight excluding hydrogens is 186 g/mol. The number of rotatable bonds is 2. The van der Waals surface area contributed by atoms with E-state index < -0.39 is 0 Å². The quantitative estimate of drug-likeness (QED) is 0.725. The molecule has 1 unspecified atom stereocenters. The zero-order chi connectivity index (χ0) is 10.7. The Hall–Kier alpha value is -1.28. The molecule has 0 aromatic heterocycles. The van der Waals surface area contributed by atoms with Crippen molar-refractivity contribution in [3.8, 4) is 0 Å². The van der Waals surface area contributed by atoms with Crippen LogP contribution < -0.4 is 5.73 Å². The standard InChI is InChI=1S/C13H17NO/c14-13-7-5-12(6-8-13)11-3-1-10(9-15)2-4-11/h3,5-8,10,15H,1-2,4,9,14H2. The van der Waals surface area contributed by atoms with Gasteiger partial charge in [-0.2, -0.15) is 0 Å². The number of hydrogen-bond acceptors (Lipinski definition) is 2. The van der Waals surface area contributed by atoms with E-state index in [1.807, 2.05) is 12.1 Å². The first kappa shape index (κ1) is 10.2.